The molecule has 1 N–H and O–H groups in total. The predicted molar refractivity (Wildman–Crippen MR) is 70.8 cm³/mol. The first-order chi connectivity index (χ1) is 8.94. The summed E-state index contributed by atoms with van der Waals surface area (Å²) in [4.78, 5) is 0. The Balaban J connectivity index is 3.03. The Hall–Kier alpha value is -0.790. The van der Waals surface area contributed by atoms with E-state index in [2.05, 4.69) is 4.72 Å². The standard InChI is InChI=1S/C13H17F4NOS/c1-8(18-20(19)12(2,3)4)9-6-5-7-10(11(9)14)13(15,16)17/h5-8,18H,1-4H3/t8?,20-/m1/s1. The van der Waals surface area contributed by atoms with E-state index >= 15 is 0 Å². The summed E-state index contributed by atoms with van der Waals surface area (Å²) in [6.07, 6.45) is -4.75. The van der Waals surface area contributed by atoms with Gasteiger partial charge in [0.05, 0.1) is 11.6 Å². The topological polar surface area (TPSA) is 35.1 Å². The third-order valence-electron chi connectivity index (χ3n) is 2.64. The molecular formula is C13H17F4NOS. The van der Waals surface area contributed by atoms with Gasteiger partial charge in [-0.05, 0) is 33.8 Å². The molecule has 0 fully saturated rings. The van der Waals surface area contributed by atoms with E-state index in [0.29, 0.717) is 6.07 Å². The van der Waals surface area contributed by atoms with Gasteiger partial charge >= 0.3 is 6.18 Å². The highest BCUT2D eigenvalue weighted by Crippen LogP contribution is 2.34. The highest BCUT2D eigenvalue weighted by molar-refractivity contribution is 7.90. The van der Waals surface area contributed by atoms with Crippen LogP contribution in [0.15, 0.2) is 18.2 Å². The highest BCUT2D eigenvalue weighted by Gasteiger charge is 2.36. The molecule has 1 aromatic rings. The van der Waals surface area contributed by atoms with Crippen molar-refractivity contribution < 1.29 is 22.1 Å². The SMILES string of the molecule is CC(N[S@+]([O-])C(C)(C)C)c1cccc(C(F)(F)F)c1F. The lowest BCUT2D eigenvalue weighted by Gasteiger charge is -2.27. The summed E-state index contributed by atoms with van der Waals surface area (Å²) in [5.41, 5.74) is -1.47. The van der Waals surface area contributed by atoms with Crippen LogP contribution in [-0.2, 0) is 17.5 Å². The van der Waals surface area contributed by atoms with Crippen LogP contribution in [0.5, 0.6) is 0 Å². The van der Waals surface area contributed by atoms with E-state index in [1.54, 1.807) is 20.8 Å². The summed E-state index contributed by atoms with van der Waals surface area (Å²) in [5.74, 6) is -1.33. The molecule has 1 rings (SSSR count). The summed E-state index contributed by atoms with van der Waals surface area (Å²) in [6, 6.07) is 2.28. The average Bonchev–Trinajstić information content (AvgIpc) is 2.26. The number of halogens is 4. The van der Waals surface area contributed by atoms with Crippen LogP contribution in [0.3, 0.4) is 0 Å². The number of benzene rings is 1. The maximum Gasteiger partial charge on any atom is 0.419 e. The summed E-state index contributed by atoms with van der Waals surface area (Å²) in [6.45, 7) is 6.62. The lowest BCUT2D eigenvalue weighted by Crippen LogP contribution is -2.40. The smallest absolute Gasteiger partial charge is 0.419 e. The Morgan fingerprint density at radius 3 is 2.20 bits per heavy atom. The van der Waals surface area contributed by atoms with Crippen molar-refractivity contribution >= 4 is 11.4 Å². The number of alkyl halides is 3. The second-order valence-electron chi connectivity index (χ2n) is 5.43. The number of nitrogens with one attached hydrogen (secondary N) is 1. The summed E-state index contributed by atoms with van der Waals surface area (Å²) in [5, 5.41) is 0. The first kappa shape index (κ1) is 17.3. The van der Waals surface area contributed by atoms with Crippen LogP contribution in [0.1, 0.15) is 44.9 Å². The third-order valence-corrected chi connectivity index (χ3v) is 4.32. The Morgan fingerprint density at radius 2 is 1.75 bits per heavy atom. The minimum absolute atomic E-state index is 0.155. The summed E-state index contributed by atoms with van der Waals surface area (Å²) >= 11 is -1.50. The van der Waals surface area contributed by atoms with E-state index in [9.17, 15) is 22.1 Å². The van der Waals surface area contributed by atoms with E-state index in [1.807, 2.05) is 0 Å². The van der Waals surface area contributed by atoms with Crippen LogP contribution >= 0.6 is 0 Å². The van der Waals surface area contributed by atoms with Crippen LogP contribution < -0.4 is 4.72 Å². The first-order valence-corrected chi connectivity index (χ1v) is 7.13. The maximum atomic E-state index is 13.9. The molecule has 114 valence electrons. The number of hydrogen-bond donors (Lipinski definition) is 1. The van der Waals surface area contributed by atoms with Gasteiger partial charge in [0, 0.05) is 16.9 Å². The average molecular weight is 311 g/mol. The molecule has 20 heavy (non-hydrogen) atoms. The Bertz CT molecular complexity index is 470. The van der Waals surface area contributed by atoms with Gasteiger partial charge in [-0.25, -0.2) is 4.39 Å². The molecule has 1 unspecified atom stereocenters. The van der Waals surface area contributed by atoms with Crippen molar-refractivity contribution in [3.05, 3.63) is 35.1 Å². The van der Waals surface area contributed by atoms with Crippen molar-refractivity contribution in [3.63, 3.8) is 0 Å². The van der Waals surface area contributed by atoms with Crippen molar-refractivity contribution in [3.8, 4) is 0 Å². The molecule has 0 spiro atoms. The molecule has 0 radical (unpaired) electrons. The zero-order valence-corrected chi connectivity index (χ0v) is 12.5. The maximum absolute atomic E-state index is 13.9. The van der Waals surface area contributed by atoms with E-state index in [4.69, 9.17) is 0 Å². The Kier molecular flexibility index (Phi) is 5.10. The van der Waals surface area contributed by atoms with E-state index in [0.717, 1.165) is 6.07 Å². The zero-order valence-electron chi connectivity index (χ0n) is 11.6. The molecule has 0 heterocycles. The van der Waals surface area contributed by atoms with Crippen molar-refractivity contribution in [2.45, 2.75) is 44.7 Å². The van der Waals surface area contributed by atoms with Gasteiger partial charge in [0.2, 0.25) is 0 Å². The van der Waals surface area contributed by atoms with Gasteiger partial charge in [0.1, 0.15) is 10.6 Å². The van der Waals surface area contributed by atoms with Gasteiger partial charge in [-0.2, -0.15) is 13.2 Å². The van der Waals surface area contributed by atoms with Crippen LogP contribution in [-0.4, -0.2) is 9.30 Å². The van der Waals surface area contributed by atoms with Crippen LogP contribution in [0, 0.1) is 5.82 Å². The molecule has 2 nitrogen and oxygen atoms in total. The van der Waals surface area contributed by atoms with Gasteiger partial charge in [0.25, 0.3) is 0 Å². The molecule has 0 bridgehead atoms. The largest absolute Gasteiger partial charge is 0.598 e. The number of hydrogen-bond acceptors (Lipinski definition) is 2. The van der Waals surface area contributed by atoms with Crippen LogP contribution in [0.4, 0.5) is 17.6 Å². The van der Waals surface area contributed by atoms with Crippen molar-refractivity contribution in [1.29, 1.82) is 0 Å². The van der Waals surface area contributed by atoms with E-state index in [-0.39, 0.29) is 5.56 Å². The molecule has 0 saturated carbocycles. The fraction of sp³-hybridized carbons (Fsp3) is 0.538. The predicted octanol–water partition coefficient (Wildman–Crippen LogP) is 3.96. The van der Waals surface area contributed by atoms with E-state index < -0.39 is 39.7 Å². The number of rotatable bonds is 3. The first-order valence-electron chi connectivity index (χ1n) is 5.98. The van der Waals surface area contributed by atoms with Crippen molar-refractivity contribution in [2.24, 2.45) is 0 Å². The monoisotopic (exact) mass is 311 g/mol. The zero-order chi connectivity index (χ0) is 15.7. The fourth-order valence-electron chi connectivity index (χ4n) is 1.50. The normalized spacial score (nSPS) is 16.1. The van der Waals surface area contributed by atoms with Gasteiger partial charge in [-0.15, -0.1) is 4.72 Å². The molecule has 1 aromatic carbocycles. The molecule has 0 aromatic heterocycles. The Morgan fingerprint density at radius 1 is 1.20 bits per heavy atom. The van der Waals surface area contributed by atoms with Gasteiger partial charge in [0.15, 0.2) is 0 Å². The minimum Gasteiger partial charge on any atom is -0.598 e. The quantitative estimate of drug-likeness (QED) is 0.677. The fourth-order valence-corrected chi connectivity index (χ4v) is 2.31. The van der Waals surface area contributed by atoms with Crippen molar-refractivity contribution in [1.82, 2.24) is 4.72 Å². The Labute approximate surface area is 118 Å². The van der Waals surface area contributed by atoms with Gasteiger partial charge < -0.3 is 4.55 Å². The molecule has 0 saturated heterocycles. The van der Waals surface area contributed by atoms with Gasteiger partial charge in [-0.3, -0.25) is 0 Å². The second kappa shape index (κ2) is 5.91. The summed E-state index contributed by atoms with van der Waals surface area (Å²) < 4.78 is 65.7. The summed E-state index contributed by atoms with van der Waals surface area (Å²) in [7, 11) is 0. The molecule has 0 aliphatic carbocycles. The molecule has 0 aliphatic heterocycles. The lowest BCUT2D eigenvalue weighted by molar-refractivity contribution is -0.140. The minimum atomic E-state index is -4.75. The molecular weight excluding hydrogens is 294 g/mol. The molecule has 0 amide bonds. The molecule has 2 atom stereocenters. The molecule has 7 heteroatoms. The highest BCUT2D eigenvalue weighted by atomic mass is 32.2. The third kappa shape index (κ3) is 4.10. The lowest BCUT2D eigenvalue weighted by atomic mass is 10.0. The second-order valence-corrected chi connectivity index (χ2v) is 7.43. The van der Waals surface area contributed by atoms with Crippen LogP contribution in [0.25, 0.3) is 0 Å². The molecule has 0 aliphatic rings. The van der Waals surface area contributed by atoms with E-state index in [1.165, 1.54) is 13.0 Å². The van der Waals surface area contributed by atoms with Crippen LogP contribution in [0.2, 0.25) is 0 Å². The van der Waals surface area contributed by atoms with Crippen molar-refractivity contribution in [2.75, 3.05) is 0 Å². The van der Waals surface area contributed by atoms with Gasteiger partial charge in [-0.1, -0.05) is 12.1 Å².